The second-order valence-corrected chi connectivity index (χ2v) is 5.60. The summed E-state index contributed by atoms with van der Waals surface area (Å²) in [7, 11) is 1.90. The van der Waals surface area contributed by atoms with Crippen molar-refractivity contribution in [3.8, 4) is 5.75 Å². The van der Waals surface area contributed by atoms with Gasteiger partial charge in [0.2, 0.25) is 5.91 Å². The van der Waals surface area contributed by atoms with Crippen molar-refractivity contribution in [2.75, 3.05) is 20.1 Å². The molecule has 0 atom stereocenters. The summed E-state index contributed by atoms with van der Waals surface area (Å²) in [6, 6.07) is 6.38. The maximum Gasteiger partial charge on any atom is 0.573 e. The van der Waals surface area contributed by atoms with Crippen LogP contribution in [0, 0.1) is 0 Å². The summed E-state index contributed by atoms with van der Waals surface area (Å²) in [5.41, 5.74) is 0.392. The number of hydrogen-bond donors (Lipinski definition) is 1. The summed E-state index contributed by atoms with van der Waals surface area (Å²) in [5.74, 6) is -0.261. The molecule has 1 heterocycles. The smallest absolute Gasteiger partial charge is 0.406 e. The summed E-state index contributed by atoms with van der Waals surface area (Å²) >= 11 is 0. The highest BCUT2D eigenvalue weighted by molar-refractivity contribution is 5.76. The van der Waals surface area contributed by atoms with Crippen molar-refractivity contribution in [3.05, 3.63) is 29.8 Å². The van der Waals surface area contributed by atoms with Crippen LogP contribution >= 0.6 is 0 Å². The normalized spacial score (nSPS) is 16.4. The van der Waals surface area contributed by atoms with Gasteiger partial charge in [-0.25, -0.2) is 0 Å². The van der Waals surface area contributed by atoms with Gasteiger partial charge >= 0.3 is 6.36 Å². The first-order chi connectivity index (χ1) is 10.9. The number of nitrogens with one attached hydrogen (secondary N) is 1. The Bertz CT molecular complexity index is 526. The molecule has 4 nitrogen and oxygen atoms in total. The van der Waals surface area contributed by atoms with Crippen LogP contribution in [-0.4, -0.2) is 43.3 Å². The van der Waals surface area contributed by atoms with Crippen molar-refractivity contribution < 1.29 is 22.7 Å². The third-order valence-corrected chi connectivity index (χ3v) is 4.06. The fourth-order valence-corrected chi connectivity index (χ4v) is 2.75. The average molecular weight is 330 g/mol. The number of carbonyl (C=O) groups is 1. The predicted octanol–water partition coefficient (Wildman–Crippen LogP) is 2.73. The summed E-state index contributed by atoms with van der Waals surface area (Å²) in [6.07, 6.45) is -2.51. The number of benzene rings is 1. The zero-order chi connectivity index (χ0) is 16.9. The topological polar surface area (TPSA) is 41.6 Å². The van der Waals surface area contributed by atoms with E-state index < -0.39 is 6.36 Å². The first-order valence-electron chi connectivity index (χ1n) is 7.68. The Morgan fingerprint density at radius 2 is 1.96 bits per heavy atom. The number of halogens is 3. The van der Waals surface area contributed by atoms with Gasteiger partial charge in [0.25, 0.3) is 0 Å². The molecule has 0 saturated carbocycles. The molecule has 1 saturated heterocycles. The van der Waals surface area contributed by atoms with Crippen molar-refractivity contribution in [2.24, 2.45) is 0 Å². The van der Waals surface area contributed by atoms with E-state index in [0.29, 0.717) is 24.7 Å². The van der Waals surface area contributed by atoms with E-state index in [1.807, 2.05) is 7.05 Å². The van der Waals surface area contributed by atoms with E-state index in [9.17, 15) is 18.0 Å². The van der Waals surface area contributed by atoms with Gasteiger partial charge in [-0.15, -0.1) is 13.2 Å². The molecule has 1 N–H and O–H groups in total. The SMILES string of the molecule is CNC1CCN(C(=O)CCc2ccccc2OC(F)(F)F)CC1. The molecule has 0 radical (unpaired) electrons. The van der Waals surface area contributed by atoms with Crippen LogP contribution in [0.3, 0.4) is 0 Å². The summed E-state index contributed by atoms with van der Waals surface area (Å²) in [6.45, 7) is 1.37. The van der Waals surface area contributed by atoms with E-state index in [-0.39, 0.29) is 24.5 Å². The van der Waals surface area contributed by atoms with Gasteiger partial charge in [-0.05, 0) is 37.9 Å². The maximum atomic E-state index is 12.4. The van der Waals surface area contributed by atoms with Crippen molar-refractivity contribution in [2.45, 2.75) is 38.1 Å². The molecule has 0 aromatic heterocycles. The number of para-hydroxylation sites is 1. The minimum atomic E-state index is -4.73. The molecule has 1 aliphatic heterocycles. The van der Waals surface area contributed by atoms with Crippen LogP contribution in [0.4, 0.5) is 13.2 Å². The highest BCUT2D eigenvalue weighted by Crippen LogP contribution is 2.27. The number of aryl methyl sites for hydroxylation is 1. The van der Waals surface area contributed by atoms with Gasteiger partial charge in [0.1, 0.15) is 5.75 Å². The molecule has 1 aromatic carbocycles. The minimum absolute atomic E-state index is 0.0265. The molecular weight excluding hydrogens is 309 g/mol. The second kappa shape index (κ2) is 7.68. The fourth-order valence-electron chi connectivity index (χ4n) is 2.75. The van der Waals surface area contributed by atoms with Crippen molar-refractivity contribution in [1.82, 2.24) is 10.2 Å². The Balaban J connectivity index is 1.90. The third kappa shape index (κ3) is 5.42. The molecule has 1 amide bonds. The van der Waals surface area contributed by atoms with Gasteiger partial charge in [-0.2, -0.15) is 0 Å². The molecule has 128 valence electrons. The van der Waals surface area contributed by atoms with Gasteiger partial charge < -0.3 is 15.0 Å². The lowest BCUT2D eigenvalue weighted by Gasteiger charge is -2.32. The number of hydrogen-bond acceptors (Lipinski definition) is 3. The van der Waals surface area contributed by atoms with Crippen LogP contribution < -0.4 is 10.1 Å². The summed E-state index contributed by atoms with van der Waals surface area (Å²) in [5, 5.41) is 3.19. The standard InChI is InChI=1S/C16H21F3N2O2/c1-20-13-8-10-21(11-9-13)15(22)7-6-12-4-2-3-5-14(12)23-16(17,18)19/h2-5,13,20H,6-11H2,1H3. The first kappa shape index (κ1) is 17.6. The third-order valence-electron chi connectivity index (χ3n) is 4.06. The van der Waals surface area contributed by atoms with Gasteiger partial charge in [-0.3, -0.25) is 4.79 Å². The predicted molar refractivity (Wildman–Crippen MR) is 80.1 cm³/mol. The lowest BCUT2D eigenvalue weighted by molar-refractivity contribution is -0.274. The Kier molecular flexibility index (Phi) is 5.87. The Morgan fingerprint density at radius 3 is 2.57 bits per heavy atom. The van der Waals surface area contributed by atoms with Crippen LogP contribution in [0.2, 0.25) is 0 Å². The van der Waals surface area contributed by atoms with E-state index in [1.165, 1.54) is 12.1 Å². The van der Waals surface area contributed by atoms with Crippen LogP contribution in [-0.2, 0) is 11.2 Å². The number of carbonyl (C=O) groups excluding carboxylic acids is 1. The quantitative estimate of drug-likeness (QED) is 0.903. The molecule has 1 aliphatic rings. The van der Waals surface area contributed by atoms with Crippen molar-refractivity contribution >= 4 is 5.91 Å². The fraction of sp³-hybridized carbons (Fsp3) is 0.562. The number of amides is 1. The molecule has 0 unspecified atom stereocenters. The van der Waals surface area contributed by atoms with E-state index in [1.54, 1.807) is 17.0 Å². The van der Waals surface area contributed by atoms with Crippen LogP contribution in [0.15, 0.2) is 24.3 Å². The van der Waals surface area contributed by atoms with E-state index in [4.69, 9.17) is 0 Å². The largest absolute Gasteiger partial charge is 0.573 e. The zero-order valence-corrected chi connectivity index (χ0v) is 13.0. The lowest BCUT2D eigenvalue weighted by Crippen LogP contribution is -2.44. The number of ether oxygens (including phenoxy) is 1. The van der Waals surface area contributed by atoms with Gasteiger partial charge in [0, 0.05) is 25.6 Å². The lowest BCUT2D eigenvalue weighted by atomic mass is 10.0. The highest BCUT2D eigenvalue weighted by Gasteiger charge is 2.32. The monoisotopic (exact) mass is 330 g/mol. The number of nitrogens with zero attached hydrogens (tertiary/aromatic N) is 1. The van der Waals surface area contributed by atoms with E-state index in [0.717, 1.165) is 12.8 Å². The molecule has 0 spiro atoms. The Labute approximate surface area is 133 Å². The van der Waals surface area contributed by atoms with Gasteiger partial charge in [-0.1, -0.05) is 18.2 Å². The Morgan fingerprint density at radius 1 is 1.30 bits per heavy atom. The zero-order valence-electron chi connectivity index (χ0n) is 13.0. The molecule has 0 bridgehead atoms. The molecule has 0 aliphatic carbocycles. The molecule has 1 fully saturated rings. The number of likely N-dealkylation sites (tertiary alicyclic amines) is 1. The molecule has 1 aromatic rings. The van der Waals surface area contributed by atoms with Gasteiger partial charge in [0.15, 0.2) is 0 Å². The number of piperidine rings is 1. The van der Waals surface area contributed by atoms with Crippen LogP contribution in [0.1, 0.15) is 24.8 Å². The summed E-state index contributed by atoms with van der Waals surface area (Å²) < 4.78 is 41.1. The number of alkyl halides is 3. The van der Waals surface area contributed by atoms with E-state index in [2.05, 4.69) is 10.1 Å². The van der Waals surface area contributed by atoms with Crippen LogP contribution in [0.25, 0.3) is 0 Å². The Hall–Kier alpha value is -1.76. The molecule has 7 heteroatoms. The minimum Gasteiger partial charge on any atom is -0.406 e. The first-order valence-corrected chi connectivity index (χ1v) is 7.68. The number of rotatable bonds is 5. The van der Waals surface area contributed by atoms with Crippen LogP contribution in [0.5, 0.6) is 5.75 Å². The maximum absolute atomic E-state index is 12.4. The second-order valence-electron chi connectivity index (χ2n) is 5.60. The molecule has 23 heavy (non-hydrogen) atoms. The summed E-state index contributed by atoms with van der Waals surface area (Å²) in [4.78, 5) is 14.0. The average Bonchev–Trinajstić information content (AvgIpc) is 2.52. The van der Waals surface area contributed by atoms with Gasteiger partial charge in [0.05, 0.1) is 0 Å². The molecular formula is C16H21F3N2O2. The van der Waals surface area contributed by atoms with E-state index >= 15 is 0 Å². The van der Waals surface area contributed by atoms with Crippen molar-refractivity contribution in [3.63, 3.8) is 0 Å². The van der Waals surface area contributed by atoms with Crippen molar-refractivity contribution in [1.29, 1.82) is 0 Å². The molecule has 2 rings (SSSR count). The highest BCUT2D eigenvalue weighted by atomic mass is 19.4.